The number of aliphatic hydroxyl groups excluding tert-OH is 1. The number of Topliss-reactive ketones (excluding diaryl/α,β-unsaturated/α-hetero) is 1. The molecule has 3 aromatic carbocycles. The van der Waals surface area contributed by atoms with Gasteiger partial charge in [-0.2, -0.15) is 0 Å². The number of hydrogen-bond donors (Lipinski definition) is 1. The summed E-state index contributed by atoms with van der Waals surface area (Å²) in [5, 5.41) is 11.5. The summed E-state index contributed by atoms with van der Waals surface area (Å²) in [7, 11) is 3.11. The molecule has 0 spiro atoms. The number of carbonyl (C=O) groups excluding carboxylic acids is 2. The van der Waals surface area contributed by atoms with Crippen LogP contribution in [0.1, 0.15) is 41.6 Å². The fraction of sp³-hybridized carbons (Fsp3) is 0.312. The third-order valence-electron chi connectivity index (χ3n) is 6.79. The highest BCUT2D eigenvalue weighted by molar-refractivity contribution is 6.46. The Balaban J connectivity index is 1.73. The Hall–Kier alpha value is -4.30. The van der Waals surface area contributed by atoms with Gasteiger partial charge in [0.2, 0.25) is 0 Å². The summed E-state index contributed by atoms with van der Waals surface area (Å²) < 4.78 is 22.3. The van der Waals surface area contributed by atoms with Crippen molar-refractivity contribution < 1.29 is 33.6 Å². The first-order valence-electron chi connectivity index (χ1n) is 13.2. The highest BCUT2D eigenvalue weighted by Gasteiger charge is 2.46. The second-order valence-corrected chi connectivity index (χ2v) is 9.43. The second kappa shape index (κ2) is 13.2. The van der Waals surface area contributed by atoms with Crippen molar-refractivity contribution in [3.8, 4) is 17.2 Å². The highest BCUT2D eigenvalue weighted by atomic mass is 16.5. The number of ketones is 1. The van der Waals surface area contributed by atoms with Crippen molar-refractivity contribution in [3.63, 3.8) is 0 Å². The molecule has 0 saturated carbocycles. The molecule has 0 aromatic heterocycles. The molecule has 8 nitrogen and oxygen atoms in total. The molecule has 0 bridgehead atoms. The van der Waals surface area contributed by atoms with E-state index in [-0.39, 0.29) is 17.9 Å². The van der Waals surface area contributed by atoms with Crippen LogP contribution in [0.25, 0.3) is 5.76 Å². The fourth-order valence-electron chi connectivity index (χ4n) is 4.84. The van der Waals surface area contributed by atoms with Crippen molar-refractivity contribution in [1.29, 1.82) is 0 Å². The Kier molecular flexibility index (Phi) is 9.45. The van der Waals surface area contributed by atoms with Crippen LogP contribution in [0.5, 0.6) is 17.2 Å². The van der Waals surface area contributed by atoms with Crippen LogP contribution in [0.4, 0.5) is 0 Å². The van der Waals surface area contributed by atoms with E-state index >= 15 is 0 Å². The lowest BCUT2D eigenvalue weighted by Gasteiger charge is -2.26. The van der Waals surface area contributed by atoms with Crippen LogP contribution in [0.3, 0.4) is 0 Å². The monoisotopic (exact) mass is 545 g/mol. The second-order valence-electron chi connectivity index (χ2n) is 9.43. The molecule has 40 heavy (non-hydrogen) atoms. The quantitative estimate of drug-likeness (QED) is 0.140. The number of methoxy groups -OCH3 is 2. The van der Waals surface area contributed by atoms with Gasteiger partial charge >= 0.3 is 0 Å². The third-order valence-corrected chi connectivity index (χ3v) is 6.79. The zero-order valence-electron chi connectivity index (χ0n) is 23.3. The van der Waals surface area contributed by atoms with E-state index in [0.29, 0.717) is 60.2 Å². The van der Waals surface area contributed by atoms with Crippen LogP contribution in [-0.2, 0) is 20.9 Å². The maximum absolute atomic E-state index is 13.4. The van der Waals surface area contributed by atoms with Crippen molar-refractivity contribution in [2.24, 2.45) is 0 Å². The number of hydrogen-bond acceptors (Lipinski definition) is 7. The standard InChI is InChI=1S/C32H35NO7/c1-5-39-26-15-12-23(19-27(26)38-4)29-28(31(35)32(36)33(29)16-9-17-37-3)30(34)25-14-13-24(18-21(25)2)40-20-22-10-7-6-8-11-22/h6-8,10-15,18-19,29,34H,5,9,16-17,20H2,1-4H3/b30-28+/t29-/m0/s1. The maximum Gasteiger partial charge on any atom is 0.295 e. The molecule has 8 heteroatoms. The van der Waals surface area contributed by atoms with E-state index in [1.807, 2.05) is 50.2 Å². The molecular formula is C32H35NO7. The molecule has 1 heterocycles. The number of carbonyl (C=O) groups is 2. The van der Waals surface area contributed by atoms with Crippen molar-refractivity contribution in [3.05, 3.63) is 94.6 Å². The maximum atomic E-state index is 13.4. The molecule has 1 aliphatic rings. The molecule has 210 valence electrons. The predicted octanol–water partition coefficient (Wildman–Crippen LogP) is 5.44. The van der Waals surface area contributed by atoms with Crippen LogP contribution in [-0.4, -0.2) is 55.7 Å². The zero-order valence-corrected chi connectivity index (χ0v) is 23.3. The summed E-state index contributed by atoms with van der Waals surface area (Å²) in [5.41, 5.74) is 2.83. The average molecular weight is 546 g/mol. The minimum atomic E-state index is -0.810. The van der Waals surface area contributed by atoms with Crippen LogP contribution in [0, 0.1) is 6.92 Å². The molecule has 3 aromatic rings. The molecule has 1 atom stereocenters. The van der Waals surface area contributed by atoms with Gasteiger partial charge in [-0.05, 0) is 67.3 Å². The van der Waals surface area contributed by atoms with Crippen LogP contribution in [0.2, 0.25) is 0 Å². The van der Waals surface area contributed by atoms with Crippen LogP contribution < -0.4 is 14.2 Å². The first kappa shape index (κ1) is 28.7. The molecule has 1 amide bonds. The molecule has 0 radical (unpaired) electrons. The van der Waals surface area contributed by atoms with E-state index in [1.165, 1.54) is 12.0 Å². The highest BCUT2D eigenvalue weighted by Crippen LogP contribution is 2.42. The van der Waals surface area contributed by atoms with Gasteiger partial charge in [-0.25, -0.2) is 0 Å². The van der Waals surface area contributed by atoms with Gasteiger partial charge in [-0.15, -0.1) is 0 Å². The first-order valence-corrected chi connectivity index (χ1v) is 13.2. The normalized spacial score (nSPS) is 16.3. The van der Waals surface area contributed by atoms with E-state index in [1.54, 1.807) is 37.4 Å². The van der Waals surface area contributed by atoms with Gasteiger partial charge < -0.3 is 29.0 Å². The SMILES string of the molecule is CCOc1ccc([C@H]2/C(=C(\O)c3ccc(OCc4ccccc4)cc3C)C(=O)C(=O)N2CCCOC)cc1OC. The lowest BCUT2D eigenvalue weighted by molar-refractivity contribution is -0.140. The Labute approximate surface area is 234 Å². The van der Waals surface area contributed by atoms with Crippen molar-refractivity contribution >= 4 is 17.4 Å². The smallest absolute Gasteiger partial charge is 0.295 e. The lowest BCUT2D eigenvalue weighted by Crippen LogP contribution is -2.31. The summed E-state index contributed by atoms with van der Waals surface area (Å²) in [5.74, 6) is 0.000708. The van der Waals surface area contributed by atoms with Gasteiger partial charge in [0.25, 0.3) is 11.7 Å². The van der Waals surface area contributed by atoms with Gasteiger partial charge in [0.15, 0.2) is 11.5 Å². The van der Waals surface area contributed by atoms with Gasteiger partial charge in [-0.3, -0.25) is 9.59 Å². The van der Waals surface area contributed by atoms with Crippen molar-refractivity contribution in [1.82, 2.24) is 4.90 Å². The van der Waals surface area contributed by atoms with Gasteiger partial charge in [-0.1, -0.05) is 36.4 Å². The lowest BCUT2D eigenvalue weighted by atomic mass is 9.93. The van der Waals surface area contributed by atoms with Gasteiger partial charge in [0.1, 0.15) is 18.1 Å². The summed E-state index contributed by atoms with van der Waals surface area (Å²) in [4.78, 5) is 28.1. The molecule has 1 saturated heterocycles. The topological polar surface area (TPSA) is 94.5 Å². The molecule has 1 fully saturated rings. The van der Waals surface area contributed by atoms with E-state index in [4.69, 9.17) is 18.9 Å². The summed E-state index contributed by atoms with van der Waals surface area (Å²) in [6.45, 7) is 5.26. The summed E-state index contributed by atoms with van der Waals surface area (Å²) in [6.07, 6.45) is 0.528. The number of amides is 1. The fourth-order valence-corrected chi connectivity index (χ4v) is 4.84. The number of ether oxygens (including phenoxy) is 4. The molecular weight excluding hydrogens is 510 g/mol. The van der Waals surface area contributed by atoms with E-state index in [0.717, 1.165) is 5.56 Å². The van der Waals surface area contributed by atoms with Crippen molar-refractivity contribution in [2.75, 3.05) is 34.0 Å². The minimum Gasteiger partial charge on any atom is -0.507 e. The van der Waals surface area contributed by atoms with Crippen molar-refractivity contribution in [2.45, 2.75) is 32.9 Å². The van der Waals surface area contributed by atoms with Crippen LogP contribution in [0.15, 0.2) is 72.3 Å². The zero-order chi connectivity index (χ0) is 28.6. The minimum absolute atomic E-state index is 0.0229. The number of aryl methyl sites for hydroxylation is 1. The molecule has 1 aliphatic heterocycles. The molecule has 0 aliphatic carbocycles. The number of rotatable bonds is 12. The predicted molar refractivity (Wildman–Crippen MR) is 152 cm³/mol. The Morgan fingerprint density at radius 3 is 2.40 bits per heavy atom. The molecule has 4 rings (SSSR count). The largest absolute Gasteiger partial charge is 0.507 e. The molecule has 1 N–H and O–H groups in total. The number of aliphatic hydroxyl groups is 1. The van der Waals surface area contributed by atoms with E-state index < -0.39 is 17.7 Å². The Bertz CT molecular complexity index is 1380. The third kappa shape index (κ3) is 6.13. The van der Waals surface area contributed by atoms with Gasteiger partial charge in [0, 0.05) is 25.8 Å². The van der Waals surface area contributed by atoms with E-state index in [9.17, 15) is 14.7 Å². The Morgan fingerprint density at radius 2 is 1.73 bits per heavy atom. The summed E-state index contributed by atoms with van der Waals surface area (Å²) in [6, 6.07) is 19.5. The average Bonchev–Trinajstić information content (AvgIpc) is 3.22. The first-order chi connectivity index (χ1) is 19.4. The Morgan fingerprint density at radius 1 is 0.950 bits per heavy atom. The number of likely N-dealkylation sites (tertiary alicyclic amines) is 1. The van der Waals surface area contributed by atoms with Crippen LogP contribution >= 0.6 is 0 Å². The number of nitrogens with zero attached hydrogens (tertiary/aromatic N) is 1. The van der Waals surface area contributed by atoms with E-state index in [2.05, 4.69) is 0 Å². The summed E-state index contributed by atoms with van der Waals surface area (Å²) >= 11 is 0. The molecule has 0 unspecified atom stereocenters. The van der Waals surface area contributed by atoms with Gasteiger partial charge in [0.05, 0.1) is 25.3 Å². The number of benzene rings is 3.